The molecule has 0 fully saturated rings. The molecular weight excluding hydrogens is 489 g/mol. The summed E-state index contributed by atoms with van der Waals surface area (Å²) < 4.78 is 6.86. The molecule has 0 spiro atoms. The zero-order valence-corrected chi connectivity index (χ0v) is 17.5. The maximum Gasteiger partial charge on any atom is 0.259 e. The van der Waals surface area contributed by atoms with Gasteiger partial charge in [0.2, 0.25) is 0 Å². The predicted molar refractivity (Wildman–Crippen MR) is 108 cm³/mol. The molecule has 2 amide bonds. The van der Waals surface area contributed by atoms with Gasteiger partial charge in [-0.15, -0.1) is 0 Å². The molecule has 0 aliphatic rings. The van der Waals surface area contributed by atoms with Gasteiger partial charge in [-0.2, -0.15) is 5.10 Å². The van der Waals surface area contributed by atoms with Crippen LogP contribution in [0.5, 0.6) is 5.75 Å². The minimum atomic E-state index is -0.461. The van der Waals surface area contributed by atoms with Crippen LogP contribution in [0.1, 0.15) is 15.9 Å². The molecule has 0 saturated heterocycles. The fourth-order valence-corrected chi connectivity index (χ4v) is 3.51. The zero-order valence-electron chi connectivity index (χ0n) is 13.6. The topological polar surface area (TPSA) is 79.8 Å². The van der Waals surface area contributed by atoms with E-state index in [0.717, 1.165) is 8.95 Å². The van der Waals surface area contributed by atoms with Crippen LogP contribution >= 0.6 is 43.5 Å². The van der Waals surface area contributed by atoms with Gasteiger partial charge in [-0.25, -0.2) is 5.43 Å². The Labute approximate surface area is 172 Å². The third-order valence-electron chi connectivity index (χ3n) is 3.15. The fourth-order valence-electron chi connectivity index (χ4n) is 1.97. The first kappa shape index (κ1) is 20.4. The smallest absolute Gasteiger partial charge is 0.259 e. The summed E-state index contributed by atoms with van der Waals surface area (Å²) in [5.74, 6) is -0.253. The molecule has 0 radical (unpaired) electrons. The minimum absolute atomic E-state index is 0.210. The normalized spacial score (nSPS) is 10.6. The van der Waals surface area contributed by atoms with Gasteiger partial charge in [0.05, 0.1) is 24.3 Å². The Morgan fingerprint density at radius 1 is 1.23 bits per heavy atom. The standard InChI is InChI=1S/C17H14Br2ClN3O3/c1-26-16-11(6-12(18)7-14(16)19)8-22-23-15(24)9-21-17(25)10-2-4-13(20)5-3-10/h2-8H,9H2,1H3,(H,21,25)(H,23,24). The molecule has 2 rings (SSSR count). The van der Waals surface area contributed by atoms with Crippen LogP contribution in [-0.4, -0.2) is 31.7 Å². The molecule has 2 N–H and O–H groups in total. The van der Waals surface area contributed by atoms with Crippen molar-refractivity contribution in [2.24, 2.45) is 5.10 Å². The Morgan fingerprint density at radius 3 is 2.58 bits per heavy atom. The highest BCUT2D eigenvalue weighted by molar-refractivity contribution is 9.11. The Balaban J connectivity index is 1.90. The van der Waals surface area contributed by atoms with Crippen LogP contribution in [0.3, 0.4) is 0 Å². The SMILES string of the molecule is COc1c(Br)cc(Br)cc1C=NNC(=O)CNC(=O)c1ccc(Cl)cc1. The van der Waals surface area contributed by atoms with Crippen molar-refractivity contribution in [1.29, 1.82) is 0 Å². The van der Waals surface area contributed by atoms with E-state index in [1.165, 1.54) is 13.3 Å². The summed E-state index contributed by atoms with van der Waals surface area (Å²) in [6.07, 6.45) is 1.45. The molecule has 0 aromatic heterocycles. The van der Waals surface area contributed by atoms with E-state index in [0.29, 0.717) is 21.9 Å². The van der Waals surface area contributed by atoms with Gasteiger partial charge < -0.3 is 10.1 Å². The van der Waals surface area contributed by atoms with Crippen molar-refractivity contribution in [3.05, 3.63) is 61.5 Å². The van der Waals surface area contributed by atoms with Crippen LogP contribution in [-0.2, 0) is 4.79 Å². The summed E-state index contributed by atoms with van der Waals surface area (Å²) in [4.78, 5) is 23.7. The Morgan fingerprint density at radius 2 is 1.92 bits per heavy atom. The fraction of sp³-hybridized carbons (Fsp3) is 0.118. The third-order valence-corrected chi connectivity index (χ3v) is 4.45. The molecule has 0 heterocycles. The number of ether oxygens (including phenoxy) is 1. The lowest BCUT2D eigenvalue weighted by Gasteiger charge is -2.08. The highest BCUT2D eigenvalue weighted by Crippen LogP contribution is 2.31. The number of hydrazone groups is 1. The monoisotopic (exact) mass is 501 g/mol. The molecule has 0 saturated carbocycles. The average Bonchev–Trinajstić information content (AvgIpc) is 2.60. The molecule has 9 heteroatoms. The van der Waals surface area contributed by atoms with Gasteiger partial charge in [-0.05, 0) is 52.3 Å². The number of amides is 2. The van der Waals surface area contributed by atoms with Gasteiger partial charge in [-0.3, -0.25) is 9.59 Å². The van der Waals surface area contributed by atoms with Crippen LogP contribution in [0, 0.1) is 0 Å². The molecule has 0 aliphatic heterocycles. The molecule has 0 bridgehead atoms. The van der Waals surface area contributed by atoms with Crippen LogP contribution in [0.15, 0.2) is 50.4 Å². The quantitative estimate of drug-likeness (QED) is 0.466. The van der Waals surface area contributed by atoms with E-state index in [4.69, 9.17) is 16.3 Å². The predicted octanol–water partition coefficient (Wildman–Crippen LogP) is 3.75. The number of rotatable bonds is 6. The number of hydrogen-bond donors (Lipinski definition) is 2. The maximum atomic E-state index is 11.9. The Hall–Kier alpha value is -1.90. The number of carbonyl (C=O) groups is 2. The number of carbonyl (C=O) groups excluding carboxylic acids is 2. The number of halogens is 3. The molecule has 2 aromatic carbocycles. The van der Waals surface area contributed by atoms with Crippen LogP contribution < -0.4 is 15.5 Å². The van der Waals surface area contributed by atoms with Gasteiger partial charge in [0, 0.05) is 20.6 Å². The molecule has 26 heavy (non-hydrogen) atoms. The van der Waals surface area contributed by atoms with E-state index < -0.39 is 5.91 Å². The summed E-state index contributed by atoms with van der Waals surface area (Å²) >= 11 is 12.5. The first-order chi connectivity index (χ1) is 12.4. The molecule has 136 valence electrons. The van der Waals surface area contributed by atoms with Gasteiger partial charge in [0.25, 0.3) is 11.8 Å². The first-order valence-electron chi connectivity index (χ1n) is 7.29. The zero-order chi connectivity index (χ0) is 19.1. The number of methoxy groups -OCH3 is 1. The Kier molecular flexibility index (Phi) is 7.62. The van der Waals surface area contributed by atoms with E-state index in [1.54, 1.807) is 30.3 Å². The molecule has 6 nitrogen and oxygen atoms in total. The summed E-state index contributed by atoms with van der Waals surface area (Å²) in [6, 6.07) is 9.98. The van der Waals surface area contributed by atoms with Crippen molar-refractivity contribution in [2.45, 2.75) is 0 Å². The second-order valence-corrected chi connectivity index (χ2v) is 7.20. The third kappa shape index (κ3) is 5.82. The number of nitrogens with one attached hydrogen (secondary N) is 2. The van der Waals surface area contributed by atoms with Crippen LogP contribution in [0.4, 0.5) is 0 Å². The molecule has 0 atom stereocenters. The highest BCUT2D eigenvalue weighted by Gasteiger charge is 2.09. The average molecular weight is 504 g/mol. The van der Waals surface area contributed by atoms with Gasteiger partial charge in [0.15, 0.2) is 0 Å². The summed E-state index contributed by atoms with van der Waals surface area (Å²) in [5, 5.41) is 6.91. The summed E-state index contributed by atoms with van der Waals surface area (Å²) in [7, 11) is 1.54. The lowest BCUT2D eigenvalue weighted by Crippen LogP contribution is -2.34. The molecule has 0 unspecified atom stereocenters. The minimum Gasteiger partial charge on any atom is -0.495 e. The number of benzene rings is 2. The second kappa shape index (κ2) is 9.70. The molecular formula is C17H14Br2ClN3O3. The van der Waals surface area contributed by atoms with Crippen molar-refractivity contribution in [1.82, 2.24) is 10.7 Å². The van der Waals surface area contributed by atoms with Gasteiger partial charge in [-0.1, -0.05) is 27.5 Å². The molecule has 2 aromatic rings. The van der Waals surface area contributed by atoms with Gasteiger partial charge >= 0.3 is 0 Å². The van der Waals surface area contributed by atoms with Crippen LogP contribution in [0.25, 0.3) is 0 Å². The van der Waals surface area contributed by atoms with Crippen molar-refractivity contribution in [2.75, 3.05) is 13.7 Å². The maximum absolute atomic E-state index is 11.9. The largest absolute Gasteiger partial charge is 0.495 e. The van der Waals surface area contributed by atoms with E-state index in [2.05, 4.69) is 47.7 Å². The molecule has 0 aliphatic carbocycles. The number of nitrogens with zero attached hydrogens (tertiary/aromatic N) is 1. The van der Waals surface area contributed by atoms with Crippen molar-refractivity contribution >= 4 is 61.5 Å². The Bertz CT molecular complexity index is 842. The van der Waals surface area contributed by atoms with E-state index >= 15 is 0 Å². The second-order valence-electron chi connectivity index (χ2n) is 4.99. The van der Waals surface area contributed by atoms with Crippen molar-refractivity contribution < 1.29 is 14.3 Å². The summed E-state index contributed by atoms with van der Waals surface area (Å²) in [6.45, 7) is -0.210. The van der Waals surface area contributed by atoms with Crippen molar-refractivity contribution in [3.8, 4) is 5.75 Å². The summed E-state index contributed by atoms with van der Waals surface area (Å²) in [5.41, 5.74) is 3.42. The van der Waals surface area contributed by atoms with E-state index in [-0.39, 0.29) is 12.5 Å². The lowest BCUT2D eigenvalue weighted by atomic mass is 10.2. The number of hydrogen-bond acceptors (Lipinski definition) is 4. The highest BCUT2D eigenvalue weighted by atomic mass is 79.9. The first-order valence-corrected chi connectivity index (χ1v) is 9.26. The van der Waals surface area contributed by atoms with E-state index in [9.17, 15) is 9.59 Å². The van der Waals surface area contributed by atoms with Crippen LogP contribution in [0.2, 0.25) is 5.02 Å². The van der Waals surface area contributed by atoms with Gasteiger partial charge in [0.1, 0.15) is 5.75 Å². The van der Waals surface area contributed by atoms with E-state index in [1.807, 2.05) is 6.07 Å². The van der Waals surface area contributed by atoms with Crippen molar-refractivity contribution in [3.63, 3.8) is 0 Å². The lowest BCUT2D eigenvalue weighted by molar-refractivity contribution is -0.120.